The van der Waals surface area contributed by atoms with Crippen molar-refractivity contribution in [3.05, 3.63) is 71.5 Å². The van der Waals surface area contributed by atoms with E-state index in [1.807, 2.05) is 58.6 Å². The van der Waals surface area contributed by atoms with Gasteiger partial charge in [0.1, 0.15) is 0 Å². The highest BCUT2D eigenvalue weighted by atomic mass is 32.2. The van der Waals surface area contributed by atoms with Crippen LogP contribution in [-0.2, 0) is 43.9 Å². The van der Waals surface area contributed by atoms with Crippen LogP contribution in [0.3, 0.4) is 0 Å². The third kappa shape index (κ3) is 3.97. The van der Waals surface area contributed by atoms with E-state index in [0.717, 1.165) is 21.8 Å². The molecule has 6 rings (SSSR count). The first kappa shape index (κ1) is 25.4. The summed E-state index contributed by atoms with van der Waals surface area (Å²) in [4.78, 5) is 26.6. The molecule has 4 aromatic rings. The summed E-state index contributed by atoms with van der Waals surface area (Å²) < 4.78 is 69.7. The topological polar surface area (TPSA) is 99.4 Å². The van der Waals surface area contributed by atoms with Crippen molar-refractivity contribution in [1.82, 2.24) is 14.5 Å². The first-order valence-corrected chi connectivity index (χ1v) is 13.6. The number of amides is 2. The molecular formula is C27H22F3N3O5S. The maximum absolute atomic E-state index is 13.4. The zero-order valence-electron chi connectivity index (χ0n) is 20.6. The summed E-state index contributed by atoms with van der Waals surface area (Å²) in [5.41, 5.74) is -1.69. The van der Waals surface area contributed by atoms with Crippen LogP contribution in [0.25, 0.3) is 33.0 Å². The molecule has 2 aliphatic heterocycles. The number of alkyl halides is 3. The van der Waals surface area contributed by atoms with Gasteiger partial charge in [-0.3, -0.25) is 19.1 Å². The summed E-state index contributed by atoms with van der Waals surface area (Å²) in [5.74, 6) is -1.66. The van der Waals surface area contributed by atoms with Crippen molar-refractivity contribution in [2.75, 3.05) is 6.61 Å². The Labute approximate surface area is 220 Å². The number of hydrogen-bond donors (Lipinski definition) is 1. The summed E-state index contributed by atoms with van der Waals surface area (Å²) >= 11 is 0. The fourth-order valence-electron chi connectivity index (χ4n) is 5.68. The molecule has 2 aliphatic rings. The zero-order valence-corrected chi connectivity index (χ0v) is 21.4. The average Bonchev–Trinajstić information content (AvgIpc) is 3.49. The quantitative estimate of drug-likeness (QED) is 0.226. The molecular weight excluding hydrogens is 535 g/mol. The Morgan fingerprint density at radius 2 is 1.62 bits per heavy atom. The number of halogens is 3. The minimum atomic E-state index is -5.73. The maximum atomic E-state index is 13.4. The Balaban J connectivity index is 1.52. The van der Waals surface area contributed by atoms with Gasteiger partial charge in [0.25, 0.3) is 11.8 Å². The molecule has 202 valence electrons. The van der Waals surface area contributed by atoms with Crippen molar-refractivity contribution in [2.24, 2.45) is 13.0 Å². The number of benzene rings is 2. The second-order valence-electron chi connectivity index (χ2n) is 9.74. The van der Waals surface area contributed by atoms with E-state index in [9.17, 15) is 31.2 Å². The number of para-hydroxylation sites is 2. The summed E-state index contributed by atoms with van der Waals surface area (Å²) in [7, 11) is -3.89. The van der Waals surface area contributed by atoms with Gasteiger partial charge < -0.3 is 9.13 Å². The van der Waals surface area contributed by atoms with E-state index in [1.54, 1.807) is 12.3 Å². The highest BCUT2D eigenvalue weighted by molar-refractivity contribution is 7.87. The number of imide groups is 1. The summed E-state index contributed by atoms with van der Waals surface area (Å²) in [6.45, 7) is -0.272. The Bertz CT molecular complexity index is 1830. The van der Waals surface area contributed by atoms with Crippen LogP contribution in [0.4, 0.5) is 13.2 Å². The van der Waals surface area contributed by atoms with Crippen LogP contribution in [0.2, 0.25) is 0 Å². The third-order valence-electron chi connectivity index (χ3n) is 7.41. The fourth-order valence-corrected chi connectivity index (χ4v) is 6.18. The minimum Gasteiger partial charge on any atom is -0.350 e. The van der Waals surface area contributed by atoms with E-state index in [-0.39, 0.29) is 17.6 Å². The lowest BCUT2D eigenvalue weighted by molar-refractivity contribution is -0.122. The number of hydrogen-bond acceptors (Lipinski definition) is 5. The van der Waals surface area contributed by atoms with Crippen LogP contribution >= 0.6 is 0 Å². The van der Waals surface area contributed by atoms with Crippen LogP contribution in [0.5, 0.6) is 0 Å². The van der Waals surface area contributed by atoms with Gasteiger partial charge in [-0.2, -0.15) is 21.6 Å². The highest BCUT2D eigenvalue weighted by Crippen LogP contribution is 2.43. The lowest BCUT2D eigenvalue weighted by Gasteiger charge is -2.26. The molecule has 0 aliphatic carbocycles. The Morgan fingerprint density at radius 3 is 2.33 bits per heavy atom. The molecule has 12 heteroatoms. The summed E-state index contributed by atoms with van der Waals surface area (Å²) in [6.07, 6.45) is 2.32. The standard InChI is InChI=1S/C27H22F3N3O5S/c1-32-13-18(16-6-2-4-8-19(16)32)23-24(26(35)31-25(23)34)22-17-7-3-5-9-20(17)33-11-10-15(12-21(22)33)14-38-39(36,37)27(28,29)30/h2-9,13,15H,10-12,14H2,1H3,(H,31,34,35). The molecule has 2 amide bonds. The van der Waals surface area contributed by atoms with E-state index in [1.165, 1.54) is 0 Å². The molecule has 1 atom stereocenters. The Hall–Kier alpha value is -3.90. The van der Waals surface area contributed by atoms with Crippen molar-refractivity contribution >= 4 is 54.9 Å². The van der Waals surface area contributed by atoms with E-state index in [2.05, 4.69) is 9.50 Å². The molecule has 2 aromatic heterocycles. The van der Waals surface area contributed by atoms with Gasteiger partial charge in [-0.15, -0.1) is 0 Å². The largest absolute Gasteiger partial charge is 0.523 e. The monoisotopic (exact) mass is 557 g/mol. The molecule has 0 fully saturated rings. The normalized spacial score (nSPS) is 18.3. The minimum absolute atomic E-state index is 0.158. The van der Waals surface area contributed by atoms with Crippen LogP contribution in [-0.4, -0.2) is 41.5 Å². The van der Waals surface area contributed by atoms with Crippen LogP contribution in [0, 0.1) is 5.92 Å². The number of carbonyl (C=O) groups excluding carboxylic acids is 2. The molecule has 0 saturated carbocycles. The van der Waals surface area contributed by atoms with Crippen molar-refractivity contribution < 1.29 is 35.4 Å². The predicted octanol–water partition coefficient (Wildman–Crippen LogP) is 4.13. The smallest absolute Gasteiger partial charge is 0.350 e. The molecule has 1 N–H and O–H groups in total. The van der Waals surface area contributed by atoms with E-state index >= 15 is 0 Å². The van der Waals surface area contributed by atoms with Gasteiger partial charge in [-0.1, -0.05) is 36.4 Å². The van der Waals surface area contributed by atoms with Gasteiger partial charge >= 0.3 is 15.6 Å². The zero-order chi connectivity index (χ0) is 27.7. The lowest BCUT2D eigenvalue weighted by Crippen LogP contribution is -2.30. The van der Waals surface area contributed by atoms with Gasteiger partial charge in [-0.05, 0) is 30.9 Å². The molecule has 39 heavy (non-hydrogen) atoms. The number of nitrogens with one attached hydrogen (secondary N) is 1. The van der Waals surface area contributed by atoms with E-state index < -0.39 is 40.0 Å². The molecule has 8 nitrogen and oxygen atoms in total. The van der Waals surface area contributed by atoms with Gasteiger partial charge in [0, 0.05) is 58.4 Å². The number of nitrogens with zero attached hydrogens (tertiary/aromatic N) is 2. The van der Waals surface area contributed by atoms with Crippen LogP contribution in [0.15, 0.2) is 54.7 Å². The summed E-state index contributed by atoms with van der Waals surface area (Å²) in [5, 5.41) is 3.93. The van der Waals surface area contributed by atoms with Crippen molar-refractivity contribution in [2.45, 2.75) is 24.9 Å². The summed E-state index contributed by atoms with van der Waals surface area (Å²) in [6, 6.07) is 14.8. The molecule has 0 bridgehead atoms. The van der Waals surface area contributed by atoms with Gasteiger partial charge in [0.05, 0.1) is 17.8 Å². The maximum Gasteiger partial charge on any atom is 0.523 e. The molecule has 0 saturated heterocycles. The van der Waals surface area contributed by atoms with Gasteiger partial charge in [0.15, 0.2) is 0 Å². The molecule has 0 radical (unpaired) electrons. The molecule has 0 spiro atoms. The third-order valence-corrected chi connectivity index (χ3v) is 8.42. The SMILES string of the molecule is Cn1cc(C2=C(c3c4n(c5ccccc35)CCC(COS(=O)(=O)C(F)(F)F)C4)C(=O)NC2=O)c2ccccc21. The predicted molar refractivity (Wildman–Crippen MR) is 138 cm³/mol. The van der Waals surface area contributed by atoms with Gasteiger partial charge in [-0.25, -0.2) is 0 Å². The van der Waals surface area contributed by atoms with Crippen molar-refractivity contribution in [3.63, 3.8) is 0 Å². The second-order valence-corrected chi connectivity index (χ2v) is 11.3. The average molecular weight is 558 g/mol. The van der Waals surface area contributed by atoms with E-state index in [0.29, 0.717) is 29.8 Å². The van der Waals surface area contributed by atoms with Gasteiger partial charge in [0.2, 0.25) is 0 Å². The number of fused-ring (bicyclic) bond motifs is 4. The van der Waals surface area contributed by atoms with E-state index in [4.69, 9.17) is 0 Å². The lowest BCUT2D eigenvalue weighted by atomic mass is 9.89. The van der Waals surface area contributed by atoms with Crippen molar-refractivity contribution in [1.29, 1.82) is 0 Å². The fraction of sp³-hybridized carbons (Fsp3) is 0.259. The number of aryl methyl sites for hydroxylation is 2. The second kappa shape index (κ2) is 8.82. The first-order valence-electron chi connectivity index (χ1n) is 12.2. The first-order chi connectivity index (χ1) is 18.5. The van der Waals surface area contributed by atoms with Crippen LogP contribution in [0.1, 0.15) is 23.2 Å². The molecule has 2 aromatic carbocycles. The molecule has 1 unspecified atom stereocenters. The Morgan fingerprint density at radius 1 is 0.974 bits per heavy atom. The van der Waals surface area contributed by atoms with Crippen molar-refractivity contribution in [3.8, 4) is 0 Å². The molecule has 4 heterocycles. The highest BCUT2D eigenvalue weighted by Gasteiger charge is 2.48. The number of carbonyl (C=O) groups is 2. The van der Waals surface area contributed by atoms with Crippen LogP contribution < -0.4 is 5.32 Å². The number of rotatable bonds is 5. The number of aromatic nitrogens is 2. The Kier molecular flexibility index (Phi) is 5.74.